The first-order valence-corrected chi connectivity index (χ1v) is 7.87. The molecule has 2 aromatic rings. The van der Waals surface area contributed by atoms with Gasteiger partial charge in [0, 0.05) is 25.2 Å². The van der Waals surface area contributed by atoms with Crippen molar-refractivity contribution in [3.8, 4) is 0 Å². The number of rotatable bonds is 2. The van der Waals surface area contributed by atoms with Crippen LogP contribution in [0.3, 0.4) is 0 Å². The molecular formula is C15H18N6O2. The van der Waals surface area contributed by atoms with Gasteiger partial charge in [-0.25, -0.2) is 14.8 Å². The molecule has 0 atom stereocenters. The van der Waals surface area contributed by atoms with Crippen molar-refractivity contribution in [3.05, 3.63) is 18.6 Å². The second kappa shape index (κ2) is 5.62. The predicted molar refractivity (Wildman–Crippen MR) is 84.2 cm³/mol. The minimum atomic E-state index is -0.420. The summed E-state index contributed by atoms with van der Waals surface area (Å²) in [4.78, 5) is 33.6. The number of fused-ring (bicyclic) bond motifs is 1. The number of hydrogen-bond acceptors (Lipinski definition) is 5. The molecule has 0 unspecified atom stereocenters. The summed E-state index contributed by atoms with van der Waals surface area (Å²) in [7, 11) is 0. The van der Waals surface area contributed by atoms with E-state index in [1.54, 1.807) is 0 Å². The van der Waals surface area contributed by atoms with Gasteiger partial charge in [0.05, 0.1) is 5.39 Å². The van der Waals surface area contributed by atoms with Gasteiger partial charge in [0.15, 0.2) is 0 Å². The van der Waals surface area contributed by atoms with Crippen molar-refractivity contribution in [2.75, 3.05) is 24.5 Å². The summed E-state index contributed by atoms with van der Waals surface area (Å²) in [6, 6.07) is 1.94. The van der Waals surface area contributed by atoms with E-state index in [1.165, 1.54) is 11.2 Å². The Balaban J connectivity index is 1.73. The Hall–Kier alpha value is -2.48. The second-order valence-corrected chi connectivity index (χ2v) is 5.89. The molecule has 2 N–H and O–H groups in total. The molecule has 120 valence electrons. The van der Waals surface area contributed by atoms with Crippen molar-refractivity contribution in [3.63, 3.8) is 0 Å². The number of nitrogens with one attached hydrogen (secondary N) is 2. The Labute approximate surface area is 132 Å². The zero-order chi connectivity index (χ0) is 15.8. The number of aromatic nitrogens is 3. The molecule has 23 heavy (non-hydrogen) atoms. The number of nitrogens with zero attached hydrogens (tertiary/aromatic N) is 4. The largest absolute Gasteiger partial charge is 0.329 e. The molecule has 0 bridgehead atoms. The highest BCUT2D eigenvalue weighted by Crippen LogP contribution is 2.29. The maximum Gasteiger partial charge on any atom is 0.329 e. The molecule has 0 aromatic carbocycles. The third-order valence-corrected chi connectivity index (χ3v) is 4.50. The quantitative estimate of drug-likeness (QED) is 0.855. The fourth-order valence-corrected chi connectivity index (χ4v) is 3.32. The predicted octanol–water partition coefficient (Wildman–Crippen LogP) is 0.802. The fourth-order valence-electron chi connectivity index (χ4n) is 3.32. The van der Waals surface area contributed by atoms with Gasteiger partial charge in [-0.05, 0) is 32.0 Å². The normalized spacial score (nSPS) is 20.1. The summed E-state index contributed by atoms with van der Waals surface area (Å²) in [6.07, 6.45) is 5.90. The number of carbonyl (C=O) groups is 2. The summed E-state index contributed by atoms with van der Waals surface area (Å²) in [5, 5.41) is 6.54. The Kier molecular flexibility index (Phi) is 3.45. The van der Waals surface area contributed by atoms with Crippen LogP contribution in [0.25, 0.3) is 11.0 Å². The van der Waals surface area contributed by atoms with Crippen LogP contribution in [0.4, 0.5) is 10.6 Å². The molecule has 0 aliphatic carbocycles. The lowest BCUT2D eigenvalue weighted by atomic mass is 10.1. The molecule has 0 radical (unpaired) electrons. The van der Waals surface area contributed by atoms with Gasteiger partial charge in [0.25, 0.3) is 0 Å². The number of anilines is 1. The number of amides is 3. The van der Waals surface area contributed by atoms with Crippen molar-refractivity contribution >= 4 is 28.8 Å². The molecule has 4 heterocycles. The van der Waals surface area contributed by atoms with Gasteiger partial charge in [-0.3, -0.25) is 15.0 Å². The lowest BCUT2D eigenvalue weighted by molar-refractivity contribution is -0.120. The van der Waals surface area contributed by atoms with Crippen LogP contribution in [0.1, 0.15) is 25.3 Å². The molecule has 4 rings (SSSR count). The molecule has 2 aliphatic rings. The van der Waals surface area contributed by atoms with Crippen molar-refractivity contribution in [2.45, 2.75) is 25.3 Å². The standard InChI is InChI=1S/C15H18N6O2/c22-12-4-8-21(15(23)19-12)14-11-3-7-20(13(11)17-9-18-14)10-1-5-16-6-2-10/h3,7,9-10,16H,1-2,4-6,8H2,(H,19,22,23). The van der Waals surface area contributed by atoms with Crippen LogP contribution in [0, 0.1) is 0 Å². The minimum absolute atomic E-state index is 0.246. The van der Waals surface area contributed by atoms with E-state index < -0.39 is 6.03 Å². The van der Waals surface area contributed by atoms with E-state index in [0.29, 0.717) is 18.4 Å². The number of imide groups is 1. The number of piperidine rings is 1. The third kappa shape index (κ3) is 2.44. The van der Waals surface area contributed by atoms with Crippen LogP contribution < -0.4 is 15.5 Å². The average molecular weight is 314 g/mol. The third-order valence-electron chi connectivity index (χ3n) is 4.50. The fraction of sp³-hybridized carbons (Fsp3) is 0.467. The van der Waals surface area contributed by atoms with Gasteiger partial charge in [0.2, 0.25) is 5.91 Å². The molecule has 2 fully saturated rings. The molecule has 0 saturated carbocycles. The molecule has 3 amide bonds. The van der Waals surface area contributed by atoms with Crippen LogP contribution >= 0.6 is 0 Å². The van der Waals surface area contributed by atoms with E-state index in [2.05, 4.69) is 25.2 Å². The van der Waals surface area contributed by atoms with Crippen LogP contribution in [0.2, 0.25) is 0 Å². The first-order chi connectivity index (χ1) is 11.2. The highest BCUT2D eigenvalue weighted by Gasteiger charge is 2.27. The van der Waals surface area contributed by atoms with Crippen LogP contribution in [-0.4, -0.2) is 46.1 Å². The Bertz CT molecular complexity index is 764. The van der Waals surface area contributed by atoms with E-state index in [0.717, 1.165) is 37.0 Å². The van der Waals surface area contributed by atoms with Crippen LogP contribution in [0.15, 0.2) is 18.6 Å². The molecule has 8 heteroatoms. The molecule has 0 spiro atoms. The maximum atomic E-state index is 12.1. The smallest absolute Gasteiger partial charge is 0.329 e. The van der Waals surface area contributed by atoms with Crippen molar-refractivity contribution < 1.29 is 9.59 Å². The lowest BCUT2D eigenvalue weighted by Crippen LogP contribution is -2.50. The van der Waals surface area contributed by atoms with E-state index in [-0.39, 0.29) is 12.3 Å². The summed E-state index contributed by atoms with van der Waals surface area (Å²) in [5.41, 5.74) is 0.839. The number of hydrogen-bond donors (Lipinski definition) is 2. The van der Waals surface area contributed by atoms with Gasteiger partial charge in [0.1, 0.15) is 17.8 Å². The summed E-state index contributed by atoms with van der Waals surface area (Å²) < 4.78 is 2.17. The Morgan fingerprint density at radius 1 is 1.17 bits per heavy atom. The highest BCUT2D eigenvalue weighted by atomic mass is 16.2. The zero-order valence-corrected chi connectivity index (χ0v) is 12.7. The van der Waals surface area contributed by atoms with Crippen molar-refractivity contribution in [1.29, 1.82) is 0 Å². The SMILES string of the molecule is O=C1CCN(c2ncnc3c2ccn3C2CCNCC2)C(=O)N1. The van der Waals surface area contributed by atoms with Gasteiger partial charge in [-0.1, -0.05) is 0 Å². The van der Waals surface area contributed by atoms with E-state index in [1.807, 2.05) is 12.3 Å². The maximum absolute atomic E-state index is 12.1. The minimum Gasteiger partial charge on any atom is -0.329 e. The lowest BCUT2D eigenvalue weighted by Gasteiger charge is -2.26. The number of carbonyl (C=O) groups excluding carboxylic acids is 2. The molecule has 2 aromatic heterocycles. The van der Waals surface area contributed by atoms with Gasteiger partial charge in [-0.15, -0.1) is 0 Å². The molecular weight excluding hydrogens is 296 g/mol. The molecule has 2 saturated heterocycles. The molecule has 2 aliphatic heterocycles. The topological polar surface area (TPSA) is 92.2 Å². The summed E-state index contributed by atoms with van der Waals surface area (Å²) >= 11 is 0. The van der Waals surface area contributed by atoms with E-state index >= 15 is 0 Å². The summed E-state index contributed by atoms with van der Waals surface area (Å²) in [5.74, 6) is 0.316. The number of urea groups is 1. The second-order valence-electron chi connectivity index (χ2n) is 5.89. The average Bonchev–Trinajstić information content (AvgIpc) is 3.00. The van der Waals surface area contributed by atoms with Crippen molar-refractivity contribution in [2.24, 2.45) is 0 Å². The first kappa shape index (κ1) is 14.1. The van der Waals surface area contributed by atoms with Crippen LogP contribution in [0.5, 0.6) is 0 Å². The van der Waals surface area contributed by atoms with Gasteiger partial charge >= 0.3 is 6.03 Å². The first-order valence-electron chi connectivity index (χ1n) is 7.87. The van der Waals surface area contributed by atoms with E-state index in [4.69, 9.17) is 0 Å². The van der Waals surface area contributed by atoms with Gasteiger partial charge < -0.3 is 9.88 Å². The Morgan fingerprint density at radius 2 is 2.00 bits per heavy atom. The van der Waals surface area contributed by atoms with E-state index in [9.17, 15) is 9.59 Å². The van der Waals surface area contributed by atoms with Crippen molar-refractivity contribution in [1.82, 2.24) is 25.2 Å². The summed E-state index contributed by atoms with van der Waals surface area (Å²) in [6.45, 7) is 2.34. The zero-order valence-electron chi connectivity index (χ0n) is 12.7. The van der Waals surface area contributed by atoms with Crippen LogP contribution in [-0.2, 0) is 4.79 Å². The Morgan fingerprint density at radius 3 is 2.78 bits per heavy atom. The highest BCUT2D eigenvalue weighted by molar-refractivity contribution is 6.08. The van der Waals surface area contributed by atoms with Gasteiger partial charge in [-0.2, -0.15) is 0 Å². The monoisotopic (exact) mass is 314 g/mol. The molecule has 8 nitrogen and oxygen atoms in total.